The Morgan fingerprint density at radius 3 is 2.74 bits per heavy atom. The standard InChI is InChI=1S/C17H22N2/c1-13-9-10-16(14(2)11-13)7-5-4-6-8-17-15(3)18-12-19-17/h6,8-12H,4-5,7H2,1-3H3,(H,18,19)/b8-6+. The van der Waals surface area contributed by atoms with E-state index in [9.17, 15) is 0 Å². The van der Waals surface area contributed by atoms with Crippen molar-refractivity contribution in [1.82, 2.24) is 9.97 Å². The number of aromatic amines is 1. The number of unbranched alkanes of at least 4 members (excludes halogenated alkanes) is 1. The number of aromatic nitrogens is 2. The van der Waals surface area contributed by atoms with Gasteiger partial charge >= 0.3 is 0 Å². The number of nitrogens with one attached hydrogen (secondary N) is 1. The zero-order valence-electron chi connectivity index (χ0n) is 12.0. The third kappa shape index (κ3) is 3.82. The minimum atomic E-state index is 1.05. The van der Waals surface area contributed by atoms with Gasteiger partial charge in [0, 0.05) is 5.69 Å². The highest BCUT2D eigenvalue weighted by Gasteiger charge is 1.98. The number of hydrogen-bond acceptors (Lipinski definition) is 1. The molecule has 0 saturated heterocycles. The molecule has 0 fully saturated rings. The van der Waals surface area contributed by atoms with Crippen LogP contribution in [0, 0.1) is 20.8 Å². The van der Waals surface area contributed by atoms with Gasteiger partial charge in [-0.15, -0.1) is 0 Å². The molecule has 1 N–H and O–H groups in total. The molecule has 0 aliphatic rings. The Morgan fingerprint density at radius 2 is 2.05 bits per heavy atom. The van der Waals surface area contributed by atoms with E-state index in [1.54, 1.807) is 6.33 Å². The summed E-state index contributed by atoms with van der Waals surface area (Å²) in [6, 6.07) is 6.72. The fraction of sp³-hybridized carbons (Fsp3) is 0.353. The van der Waals surface area contributed by atoms with Crippen LogP contribution in [0.25, 0.3) is 6.08 Å². The first kappa shape index (κ1) is 13.6. The number of aryl methyl sites for hydroxylation is 4. The summed E-state index contributed by atoms with van der Waals surface area (Å²) in [5.41, 5.74) is 6.40. The van der Waals surface area contributed by atoms with Gasteiger partial charge in [-0.05, 0) is 57.2 Å². The van der Waals surface area contributed by atoms with E-state index < -0.39 is 0 Å². The Morgan fingerprint density at radius 1 is 1.21 bits per heavy atom. The third-order valence-electron chi connectivity index (χ3n) is 3.46. The van der Waals surface area contributed by atoms with Gasteiger partial charge in [0.2, 0.25) is 0 Å². The first-order chi connectivity index (χ1) is 9.16. The fourth-order valence-corrected chi connectivity index (χ4v) is 2.27. The van der Waals surface area contributed by atoms with Gasteiger partial charge in [0.1, 0.15) is 0 Å². The van der Waals surface area contributed by atoms with Gasteiger partial charge in [0.15, 0.2) is 0 Å². The van der Waals surface area contributed by atoms with Crippen LogP contribution in [0.5, 0.6) is 0 Å². The Kier molecular flexibility index (Phi) is 4.56. The summed E-state index contributed by atoms with van der Waals surface area (Å²) in [6.45, 7) is 6.39. The molecule has 0 aliphatic carbocycles. The number of imidazole rings is 1. The van der Waals surface area contributed by atoms with E-state index in [4.69, 9.17) is 0 Å². The average Bonchev–Trinajstić information content (AvgIpc) is 2.77. The predicted octanol–water partition coefficient (Wildman–Crippen LogP) is 4.37. The van der Waals surface area contributed by atoms with Gasteiger partial charge in [-0.25, -0.2) is 4.98 Å². The van der Waals surface area contributed by atoms with E-state index in [1.165, 1.54) is 23.1 Å². The maximum absolute atomic E-state index is 4.25. The predicted molar refractivity (Wildman–Crippen MR) is 81.2 cm³/mol. The Bertz CT molecular complexity index is 564. The van der Waals surface area contributed by atoms with Crippen molar-refractivity contribution in [1.29, 1.82) is 0 Å². The molecule has 2 heteroatoms. The van der Waals surface area contributed by atoms with E-state index in [2.05, 4.69) is 54.2 Å². The molecule has 1 heterocycles. The molecule has 0 bridgehead atoms. The molecule has 0 radical (unpaired) electrons. The lowest BCUT2D eigenvalue weighted by molar-refractivity contribution is 0.839. The van der Waals surface area contributed by atoms with Crippen molar-refractivity contribution in [3.8, 4) is 0 Å². The highest BCUT2D eigenvalue weighted by atomic mass is 14.9. The van der Waals surface area contributed by atoms with Crippen LogP contribution >= 0.6 is 0 Å². The summed E-state index contributed by atoms with van der Waals surface area (Å²) in [5.74, 6) is 0. The van der Waals surface area contributed by atoms with Crippen molar-refractivity contribution in [2.24, 2.45) is 0 Å². The van der Waals surface area contributed by atoms with E-state index in [1.807, 2.05) is 6.92 Å². The van der Waals surface area contributed by atoms with E-state index in [-0.39, 0.29) is 0 Å². The second kappa shape index (κ2) is 6.37. The van der Waals surface area contributed by atoms with Gasteiger partial charge in [0.05, 0.1) is 12.0 Å². The normalized spacial score (nSPS) is 11.3. The Labute approximate surface area is 115 Å². The minimum absolute atomic E-state index is 1.05. The Balaban J connectivity index is 1.81. The van der Waals surface area contributed by atoms with E-state index >= 15 is 0 Å². The number of allylic oxidation sites excluding steroid dienone is 1. The second-order valence-electron chi connectivity index (χ2n) is 5.14. The smallest absolute Gasteiger partial charge is 0.0929 e. The van der Waals surface area contributed by atoms with Crippen LogP contribution in [0.15, 0.2) is 30.6 Å². The van der Waals surface area contributed by atoms with Crippen LogP contribution in [0.4, 0.5) is 0 Å². The van der Waals surface area contributed by atoms with Crippen molar-refractivity contribution in [3.63, 3.8) is 0 Å². The van der Waals surface area contributed by atoms with Crippen molar-refractivity contribution in [3.05, 3.63) is 58.7 Å². The molecule has 0 saturated carbocycles. The molecule has 2 aromatic rings. The molecule has 2 rings (SSSR count). The summed E-state index contributed by atoms with van der Waals surface area (Å²) in [4.78, 5) is 7.34. The maximum atomic E-state index is 4.25. The lowest BCUT2D eigenvalue weighted by Crippen LogP contribution is -1.90. The zero-order chi connectivity index (χ0) is 13.7. The topological polar surface area (TPSA) is 28.7 Å². The van der Waals surface area contributed by atoms with Crippen LogP contribution in [0.2, 0.25) is 0 Å². The summed E-state index contributed by atoms with van der Waals surface area (Å²) < 4.78 is 0. The third-order valence-corrected chi connectivity index (χ3v) is 3.46. The highest BCUT2D eigenvalue weighted by molar-refractivity contribution is 5.46. The minimum Gasteiger partial charge on any atom is -0.348 e. The molecular weight excluding hydrogens is 232 g/mol. The molecule has 0 spiro atoms. The fourth-order valence-electron chi connectivity index (χ4n) is 2.27. The lowest BCUT2D eigenvalue weighted by Gasteiger charge is -2.05. The molecule has 2 nitrogen and oxygen atoms in total. The van der Waals surface area contributed by atoms with Crippen LogP contribution in [0.1, 0.15) is 40.9 Å². The molecule has 1 aromatic carbocycles. The molecule has 0 amide bonds. The second-order valence-corrected chi connectivity index (χ2v) is 5.14. The molecule has 0 unspecified atom stereocenters. The Hall–Kier alpha value is -1.83. The van der Waals surface area contributed by atoms with Crippen molar-refractivity contribution < 1.29 is 0 Å². The first-order valence-corrected chi connectivity index (χ1v) is 6.89. The first-order valence-electron chi connectivity index (χ1n) is 6.89. The molecular formula is C17H22N2. The van der Waals surface area contributed by atoms with Gasteiger partial charge in [-0.2, -0.15) is 0 Å². The van der Waals surface area contributed by atoms with Crippen molar-refractivity contribution in [2.75, 3.05) is 0 Å². The molecule has 100 valence electrons. The zero-order valence-corrected chi connectivity index (χ0v) is 12.0. The SMILES string of the molecule is Cc1ccc(CCC/C=C/c2nc[nH]c2C)c(C)c1. The average molecular weight is 254 g/mol. The largest absolute Gasteiger partial charge is 0.348 e. The van der Waals surface area contributed by atoms with Gasteiger partial charge in [0.25, 0.3) is 0 Å². The monoisotopic (exact) mass is 254 g/mol. The van der Waals surface area contributed by atoms with E-state index in [0.717, 1.165) is 24.2 Å². The van der Waals surface area contributed by atoms with E-state index in [0.29, 0.717) is 0 Å². The summed E-state index contributed by atoms with van der Waals surface area (Å²) in [5, 5.41) is 0. The lowest BCUT2D eigenvalue weighted by atomic mass is 10.0. The van der Waals surface area contributed by atoms with Crippen LogP contribution in [-0.4, -0.2) is 9.97 Å². The number of H-pyrrole nitrogens is 1. The molecule has 1 aromatic heterocycles. The molecule has 0 atom stereocenters. The van der Waals surface area contributed by atoms with Crippen LogP contribution in [0.3, 0.4) is 0 Å². The van der Waals surface area contributed by atoms with Gasteiger partial charge < -0.3 is 4.98 Å². The van der Waals surface area contributed by atoms with Crippen LogP contribution < -0.4 is 0 Å². The number of rotatable bonds is 5. The van der Waals surface area contributed by atoms with Crippen molar-refractivity contribution >= 4 is 6.08 Å². The highest BCUT2D eigenvalue weighted by Crippen LogP contribution is 2.14. The van der Waals surface area contributed by atoms with Crippen LogP contribution in [-0.2, 0) is 6.42 Å². The summed E-state index contributed by atoms with van der Waals surface area (Å²) >= 11 is 0. The van der Waals surface area contributed by atoms with Crippen molar-refractivity contribution in [2.45, 2.75) is 40.0 Å². The number of hydrogen-bond donors (Lipinski definition) is 1. The maximum Gasteiger partial charge on any atom is 0.0929 e. The summed E-state index contributed by atoms with van der Waals surface area (Å²) in [6.07, 6.45) is 9.49. The number of benzene rings is 1. The van der Waals surface area contributed by atoms with Gasteiger partial charge in [-0.3, -0.25) is 0 Å². The quantitative estimate of drug-likeness (QED) is 0.788. The molecule has 19 heavy (non-hydrogen) atoms. The summed E-state index contributed by atoms with van der Waals surface area (Å²) in [7, 11) is 0. The van der Waals surface area contributed by atoms with Gasteiger partial charge in [-0.1, -0.05) is 29.8 Å². The molecule has 0 aliphatic heterocycles. The number of nitrogens with zero attached hydrogens (tertiary/aromatic N) is 1.